The topological polar surface area (TPSA) is 67.8 Å². The number of fused-ring (bicyclic) bond motifs is 1. The van der Waals surface area contributed by atoms with Gasteiger partial charge in [-0.2, -0.15) is 0 Å². The second kappa shape index (κ2) is 10.7. The summed E-state index contributed by atoms with van der Waals surface area (Å²) in [5, 5.41) is 7.76. The Labute approximate surface area is 182 Å². The smallest absolute Gasteiger partial charge is 0.195 e. The molecule has 0 spiro atoms. The molecule has 0 bridgehead atoms. The zero-order valence-electron chi connectivity index (χ0n) is 16.2. The lowest BCUT2D eigenvalue weighted by Gasteiger charge is -2.15. The SMILES string of the molecule is CCOc1cc(NC(=NC)NCc2ccnc3ccccc23)ccc1OC.I. The summed E-state index contributed by atoms with van der Waals surface area (Å²) >= 11 is 0. The summed E-state index contributed by atoms with van der Waals surface area (Å²) in [6.45, 7) is 3.15. The number of para-hydroxylation sites is 1. The number of pyridine rings is 1. The Morgan fingerprint density at radius 3 is 2.68 bits per heavy atom. The van der Waals surface area contributed by atoms with Gasteiger partial charge in [0.05, 0.1) is 19.2 Å². The molecular weight excluding hydrogens is 467 g/mol. The predicted molar refractivity (Wildman–Crippen MR) is 125 cm³/mol. The first kappa shape index (κ1) is 21.7. The molecule has 3 aromatic rings. The average molecular weight is 492 g/mol. The number of benzene rings is 2. The molecular formula is C21H25IN4O2. The molecule has 0 aliphatic rings. The first-order valence-corrected chi connectivity index (χ1v) is 8.86. The van der Waals surface area contributed by atoms with Crippen molar-refractivity contribution >= 4 is 46.5 Å². The van der Waals surface area contributed by atoms with Gasteiger partial charge in [0.1, 0.15) is 0 Å². The molecule has 0 atom stereocenters. The van der Waals surface area contributed by atoms with Gasteiger partial charge < -0.3 is 20.1 Å². The van der Waals surface area contributed by atoms with E-state index in [0.717, 1.165) is 22.2 Å². The fourth-order valence-corrected chi connectivity index (χ4v) is 2.83. The second-order valence-electron chi connectivity index (χ2n) is 5.84. The van der Waals surface area contributed by atoms with Crippen LogP contribution in [0.5, 0.6) is 11.5 Å². The Bertz CT molecular complexity index is 941. The lowest BCUT2D eigenvalue weighted by Crippen LogP contribution is -2.30. The minimum atomic E-state index is 0. The van der Waals surface area contributed by atoms with Crippen molar-refractivity contribution in [3.8, 4) is 11.5 Å². The maximum absolute atomic E-state index is 5.63. The molecule has 2 N–H and O–H groups in total. The average Bonchev–Trinajstić information content (AvgIpc) is 2.71. The lowest BCUT2D eigenvalue weighted by atomic mass is 10.1. The van der Waals surface area contributed by atoms with Crippen LogP contribution in [0.3, 0.4) is 0 Å². The van der Waals surface area contributed by atoms with Crippen molar-refractivity contribution in [1.82, 2.24) is 10.3 Å². The minimum Gasteiger partial charge on any atom is -0.493 e. The van der Waals surface area contributed by atoms with E-state index in [4.69, 9.17) is 9.47 Å². The van der Waals surface area contributed by atoms with Crippen molar-refractivity contribution in [3.05, 3.63) is 60.3 Å². The quantitative estimate of drug-likeness (QED) is 0.303. The van der Waals surface area contributed by atoms with E-state index in [-0.39, 0.29) is 24.0 Å². The highest BCUT2D eigenvalue weighted by Gasteiger charge is 2.08. The highest BCUT2D eigenvalue weighted by molar-refractivity contribution is 14.0. The van der Waals surface area contributed by atoms with Gasteiger partial charge in [0, 0.05) is 36.9 Å². The molecule has 1 aromatic heterocycles. The number of aliphatic imine (C=N–C) groups is 1. The number of nitrogens with one attached hydrogen (secondary N) is 2. The van der Waals surface area contributed by atoms with Crippen LogP contribution >= 0.6 is 24.0 Å². The summed E-state index contributed by atoms with van der Waals surface area (Å²) in [7, 11) is 3.37. The number of anilines is 1. The number of rotatable bonds is 6. The van der Waals surface area contributed by atoms with Crippen molar-refractivity contribution in [2.75, 3.05) is 26.1 Å². The van der Waals surface area contributed by atoms with E-state index < -0.39 is 0 Å². The maximum Gasteiger partial charge on any atom is 0.195 e. The van der Waals surface area contributed by atoms with Gasteiger partial charge in [0.15, 0.2) is 17.5 Å². The Morgan fingerprint density at radius 1 is 1.11 bits per heavy atom. The van der Waals surface area contributed by atoms with Gasteiger partial charge in [0.25, 0.3) is 0 Å². The molecule has 0 aliphatic heterocycles. The Hall–Kier alpha value is -2.55. The van der Waals surface area contributed by atoms with E-state index in [0.29, 0.717) is 30.6 Å². The molecule has 148 valence electrons. The zero-order chi connectivity index (χ0) is 19.1. The van der Waals surface area contributed by atoms with E-state index in [9.17, 15) is 0 Å². The monoisotopic (exact) mass is 492 g/mol. The summed E-state index contributed by atoms with van der Waals surface area (Å²) in [4.78, 5) is 8.70. The molecule has 0 unspecified atom stereocenters. The van der Waals surface area contributed by atoms with Crippen LogP contribution in [-0.4, -0.2) is 31.7 Å². The van der Waals surface area contributed by atoms with E-state index in [1.807, 2.05) is 55.6 Å². The molecule has 1 heterocycles. The molecule has 0 radical (unpaired) electrons. The minimum absolute atomic E-state index is 0. The van der Waals surface area contributed by atoms with E-state index >= 15 is 0 Å². The highest BCUT2D eigenvalue weighted by Crippen LogP contribution is 2.30. The third-order valence-electron chi connectivity index (χ3n) is 4.14. The molecule has 0 aliphatic carbocycles. The molecule has 7 heteroatoms. The van der Waals surface area contributed by atoms with E-state index in [1.165, 1.54) is 0 Å². The van der Waals surface area contributed by atoms with Crippen LogP contribution in [0.4, 0.5) is 5.69 Å². The van der Waals surface area contributed by atoms with Crippen molar-refractivity contribution in [2.24, 2.45) is 4.99 Å². The van der Waals surface area contributed by atoms with Crippen LogP contribution in [0.15, 0.2) is 59.7 Å². The van der Waals surface area contributed by atoms with Crippen LogP contribution in [0.1, 0.15) is 12.5 Å². The number of methoxy groups -OCH3 is 1. The number of guanidine groups is 1. The van der Waals surface area contributed by atoms with Crippen molar-refractivity contribution in [1.29, 1.82) is 0 Å². The number of halogens is 1. The number of hydrogen-bond donors (Lipinski definition) is 2. The van der Waals surface area contributed by atoms with Gasteiger partial charge in [-0.1, -0.05) is 18.2 Å². The van der Waals surface area contributed by atoms with Gasteiger partial charge in [-0.05, 0) is 36.8 Å². The van der Waals surface area contributed by atoms with E-state index in [2.05, 4.69) is 26.7 Å². The Morgan fingerprint density at radius 2 is 1.93 bits per heavy atom. The molecule has 0 amide bonds. The summed E-state index contributed by atoms with van der Waals surface area (Å²) < 4.78 is 11.0. The molecule has 0 saturated heterocycles. The van der Waals surface area contributed by atoms with Gasteiger partial charge >= 0.3 is 0 Å². The van der Waals surface area contributed by atoms with Crippen molar-refractivity contribution in [2.45, 2.75) is 13.5 Å². The molecule has 3 rings (SSSR count). The Balaban J connectivity index is 0.00000280. The fraction of sp³-hybridized carbons (Fsp3) is 0.238. The third-order valence-corrected chi connectivity index (χ3v) is 4.14. The number of nitrogens with zero attached hydrogens (tertiary/aromatic N) is 2. The van der Waals surface area contributed by atoms with Crippen LogP contribution in [0.25, 0.3) is 10.9 Å². The van der Waals surface area contributed by atoms with Crippen LogP contribution < -0.4 is 20.1 Å². The van der Waals surface area contributed by atoms with Crippen LogP contribution in [0, 0.1) is 0 Å². The predicted octanol–water partition coefficient (Wildman–Crippen LogP) is 4.45. The largest absolute Gasteiger partial charge is 0.493 e. The van der Waals surface area contributed by atoms with Crippen molar-refractivity contribution in [3.63, 3.8) is 0 Å². The summed E-state index contributed by atoms with van der Waals surface area (Å²) in [5.41, 5.74) is 3.01. The van der Waals surface area contributed by atoms with Gasteiger partial charge in [-0.15, -0.1) is 24.0 Å². The number of ether oxygens (including phenoxy) is 2. The highest BCUT2D eigenvalue weighted by atomic mass is 127. The van der Waals surface area contributed by atoms with Gasteiger partial charge in [-0.25, -0.2) is 0 Å². The molecule has 28 heavy (non-hydrogen) atoms. The lowest BCUT2D eigenvalue weighted by molar-refractivity contribution is 0.311. The summed E-state index contributed by atoms with van der Waals surface area (Å²) in [6.07, 6.45) is 1.83. The molecule has 0 saturated carbocycles. The van der Waals surface area contributed by atoms with Gasteiger partial charge in [0.2, 0.25) is 0 Å². The third kappa shape index (κ3) is 5.25. The standard InChI is InChI=1S/C21H24N4O2.HI/c1-4-27-20-13-16(9-10-19(20)26-3)25-21(22-2)24-14-15-11-12-23-18-8-6-5-7-17(15)18;/h5-13H,4,14H2,1-3H3,(H2,22,24,25);1H. The number of hydrogen-bond acceptors (Lipinski definition) is 4. The molecule has 0 fully saturated rings. The maximum atomic E-state index is 5.63. The van der Waals surface area contributed by atoms with Crippen LogP contribution in [-0.2, 0) is 6.54 Å². The first-order chi connectivity index (χ1) is 13.2. The van der Waals surface area contributed by atoms with E-state index in [1.54, 1.807) is 14.2 Å². The Kier molecular flexibility index (Phi) is 8.31. The summed E-state index contributed by atoms with van der Waals surface area (Å²) in [6, 6.07) is 15.8. The molecule has 6 nitrogen and oxygen atoms in total. The summed E-state index contributed by atoms with van der Waals surface area (Å²) in [5.74, 6) is 2.07. The second-order valence-corrected chi connectivity index (χ2v) is 5.84. The van der Waals surface area contributed by atoms with Crippen molar-refractivity contribution < 1.29 is 9.47 Å². The molecule has 2 aromatic carbocycles. The first-order valence-electron chi connectivity index (χ1n) is 8.86. The zero-order valence-corrected chi connectivity index (χ0v) is 18.6. The van der Waals surface area contributed by atoms with Crippen LogP contribution in [0.2, 0.25) is 0 Å². The number of aromatic nitrogens is 1. The van der Waals surface area contributed by atoms with Gasteiger partial charge in [-0.3, -0.25) is 9.98 Å². The normalized spacial score (nSPS) is 10.9. The fourth-order valence-electron chi connectivity index (χ4n) is 2.83.